The summed E-state index contributed by atoms with van der Waals surface area (Å²) in [6.07, 6.45) is 1.57. The van der Waals surface area contributed by atoms with Crippen LogP contribution < -0.4 is 10.6 Å². The number of carbonyl (C=O) groups excluding carboxylic acids is 3. The normalized spacial score (nSPS) is 10.5. The maximum absolute atomic E-state index is 12.3. The number of carbonyl (C=O) groups is 3. The van der Waals surface area contributed by atoms with Gasteiger partial charge in [0, 0.05) is 0 Å². The van der Waals surface area contributed by atoms with E-state index in [9.17, 15) is 14.4 Å². The molecule has 1 amide bonds. The molecule has 0 atom stereocenters. The summed E-state index contributed by atoms with van der Waals surface area (Å²) in [6.45, 7) is 6.07. The standard InChI is InChI=1S/C18H22N2O6S/c1-4-24-17(22)14-11(3)15(18(23)25-5-2)27-16(14)20-13(21)10-19-9-12-7-6-8-26-12/h6-8,19H,4-5,9-10H2,1-3H3,(H,20,21)/p+1. The number of thiophene rings is 1. The van der Waals surface area contributed by atoms with Crippen molar-refractivity contribution in [2.45, 2.75) is 27.3 Å². The number of esters is 2. The molecule has 8 nitrogen and oxygen atoms in total. The average Bonchev–Trinajstić information content (AvgIpc) is 3.23. The van der Waals surface area contributed by atoms with Gasteiger partial charge in [-0.25, -0.2) is 9.59 Å². The molecule has 3 N–H and O–H groups in total. The molecule has 0 aliphatic rings. The molecule has 0 radical (unpaired) electrons. The fraction of sp³-hybridized carbons (Fsp3) is 0.389. The van der Waals surface area contributed by atoms with Gasteiger partial charge in [0.25, 0.3) is 5.91 Å². The molecule has 0 saturated heterocycles. The Balaban J connectivity index is 2.12. The smallest absolute Gasteiger partial charge is 0.348 e. The van der Waals surface area contributed by atoms with Crippen LogP contribution in [0.5, 0.6) is 0 Å². The second kappa shape index (κ2) is 9.89. The van der Waals surface area contributed by atoms with Crippen LogP contribution in [0.25, 0.3) is 0 Å². The second-order valence-corrected chi connectivity index (χ2v) is 6.55. The molecule has 2 aromatic heterocycles. The van der Waals surface area contributed by atoms with E-state index in [4.69, 9.17) is 13.9 Å². The van der Waals surface area contributed by atoms with E-state index in [-0.39, 0.29) is 41.1 Å². The first-order chi connectivity index (χ1) is 13.0. The maximum Gasteiger partial charge on any atom is 0.348 e. The van der Waals surface area contributed by atoms with Gasteiger partial charge >= 0.3 is 11.9 Å². The van der Waals surface area contributed by atoms with Gasteiger partial charge in [-0.05, 0) is 38.5 Å². The third-order valence-electron chi connectivity index (χ3n) is 3.60. The third kappa shape index (κ3) is 5.41. The number of anilines is 1. The van der Waals surface area contributed by atoms with E-state index in [1.165, 1.54) is 0 Å². The molecule has 0 fully saturated rings. The number of hydrogen-bond donors (Lipinski definition) is 2. The van der Waals surface area contributed by atoms with Crippen molar-refractivity contribution in [1.82, 2.24) is 0 Å². The molecule has 0 aliphatic carbocycles. The molecule has 0 aliphatic heterocycles. The Morgan fingerprint density at radius 3 is 2.52 bits per heavy atom. The van der Waals surface area contributed by atoms with Crippen molar-refractivity contribution in [2.75, 3.05) is 25.1 Å². The molecular weight excluding hydrogens is 372 g/mol. The molecular formula is C18H23N2O6S+. The summed E-state index contributed by atoms with van der Waals surface area (Å²) in [5, 5.41) is 4.75. The summed E-state index contributed by atoms with van der Waals surface area (Å²) in [5.74, 6) is -0.664. The van der Waals surface area contributed by atoms with Crippen LogP contribution >= 0.6 is 11.3 Å². The minimum atomic E-state index is -0.586. The van der Waals surface area contributed by atoms with Crippen molar-refractivity contribution >= 4 is 34.2 Å². The molecule has 0 saturated carbocycles. The molecule has 2 heterocycles. The zero-order chi connectivity index (χ0) is 19.8. The number of quaternary nitrogens is 1. The van der Waals surface area contributed by atoms with Gasteiger partial charge in [0.2, 0.25) is 0 Å². The van der Waals surface area contributed by atoms with Gasteiger partial charge in [0.05, 0.1) is 25.0 Å². The predicted molar refractivity (Wildman–Crippen MR) is 98.8 cm³/mol. The third-order valence-corrected chi connectivity index (χ3v) is 4.78. The second-order valence-electron chi connectivity index (χ2n) is 5.53. The summed E-state index contributed by atoms with van der Waals surface area (Å²) in [7, 11) is 0. The summed E-state index contributed by atoms with van der Waals surface area (Å²) < 4.78 is 15.3. The van der Waals surface area contributed by atoms with Crippen molar-refractivity contribution in [1.29, 1.82) is 0 Å². The lowest BCUT2D eigenvalue weighted by Crippen LogP contribution is -2.84. The fourth-order valence-electron chi connectivity index (χ4n) is 2.39. The van der Waals surface area contributed by atoms with Gasteiger partial charge in [0.1, 0.15) is 16.4 Å². The van der Waals surface area contributed by atoms with Crippen LogP contribution in [0.2, 0.25) is 0 Å². The lowest BCUT2D eigenvalue weighted by atomic mass is 10.1. The highest BCUT2D eigenvalue weighted by Gasteiger charge is 2.27. The minimum absolute atomic E-state index is 0.134. The number of amides is 1. The van der Waals surface area contributed by atoms with Crippen LogP contribution in [0.15, 0.2) is 22.8 Å². The Morgan fingerprint density at radius 1 is 1.19 bits per heavy atom. The fourth-order valence-corrected chi connectivity index (χ4v) is 3.50. The summed E-state index contributed by atoms with van der Waals surface area (Å²) in [4.78, 5) is 36.9. The zero-order valence-electron chi connectivity index (χ0n) is 15.5. The Hall–Kier alpha value is -2.65. The van der Waals surface area contributed by atoms with Gasteiger partial charge in [-0.3, -0.25) is 4.79 Å². The SMILES string of the molecule is CCOC(=O)c1sc(NC(=O)C[NH2+]Cc2ccco2)c(C(=O)OCC)c1C. The molecule has 0 unspecified atom stereocenters. The molecule has 27 heavy (non-hydrogen) atoms. The van der Waals surface area contributed by atoms with Crippen molar-refractivity contribution in [3.05, 3.63) is 40.2 Å². The summed E-state index contributed by atoms with van der Waals surface area (Å²) in [6, 6.07) is 3.60. The molecule has 2 rings (SSSR count). The number of hydrogen-bond acceptors (Lipinski definition) is 7. The highest BCUT2D eigenvalue weighted by Crippen LogP contribution is 2.34. The number of nitrogens with one attached hydrogen (secondary N) is 1. The van der Waals surface area contributed by atoms with Crippen LogP contribution in [0, 0.1) is 6.92 Å². The number of rotatable bonds is 9. The monoisotopic (exact) mass is 395 g/mol. The minimum Gasteiger partial charge on any atom is -0.463 e. The highest BCUT2D eigenvalue weighted by molar-refractivity contribution is 7.18. The van der Waals surface area contributed by atoms with Gasteiger partial charge in [0.15, 0.2) is 12.3 Å². The van der Waals surface area contributed by atoms with Crippen LogP contribution in [-0.2, 0) is 20.8 Å². The molecule has 146 valence electrons. The van der Waals surface area contributed by atoms with E-state index in [0.29, 0.717) is 12.1 Å². The van der Waals surface area contributed by atoms with E-state index in [0.717, 1.165) is 17.1 Å². The Bertz CT molecular complexity index is 797. The topological polar surface area (TPSA) is 111 Å². The first kappa shape index (κ1) is 20.7. The van der Waals surface area contributed by atoms with E-state index in [2.05, 4.69) is 5.32 Å². The molecule has 2 aromatic rings. The first-order valence-electron chi connectivity index (χ1n) is 8.59. The lowest BCUT2D eigenvalue weighted by molar-refractivity contribution is -0.661. The first-order valence-corrected chi connectivity index (χ1v) is 9.41. The van der Waals surface area contributed by atoms with Crippen LogP contribution in [0.3, 0.4) is 0 Å². The van der Waals surface area contributed by atoms with Crippen molar-refractivity contribution in [2.24, 2.45) is 0 Å². The van der Waals surface area contributed by atoms with Gasteiger partial charge in [-0.1, -0.05) is 0 Å². The van der Waals surface area contributed by atoms with Crippen molar-refractivity contribution < 1.29 is 33.6 Å². The van der Waals surface area contributed by atoms with E-state index < -0.39 is 11.9 Å². The van der Waals surface area contributed by atoms with E-state index >= 15 is 0 Å². The van der Waals surface area contributed by atoms with Gasteiger partial charge in [-0.2, -0.15) is 0 Å². The summed E-state index contributed by atoms with van der Waals surface area (Å²) in [5.41, 5.74) is 0.621. The summed E-state index contributed by atoms with van der Waals surface area (Å²) >= 11 is 1.01. The van der Waals surface area contributed by atoms with Crippen molar-refractivity contribution in [3.8, 4) is 0 Å². The maximum atomic E-state index is 12.3. The predicted octanol–water partition coefficient (Wildman–Crippen LogP) is 1.71. The van der Waals surface area contributed by atoms with E-state index in [1.807, 2.05) is 6.07 Å². The Labute approximate surface area is 160 Å². The number of furan rings is 1. The molecule has 0 bridgehead atoms. The van der Waals surface area contributed by atoms with Crippen molar-refractivity contribution in [3.63, 3.8) is 0 Å². The molecule has 0 aromatic carbocycles. The largest absolute Gasteiger partial charge is 0.463 e. The Kier molecular flexibility index (Phi) is 7.56. The average molecular weight is 395 g/mol. The quantitative estimate of drug-likeness (QED) is 0.625. The van der Waals surface area contributed by atoms with Crippen LogP contribution in [0.4, 0.5) is 5.00 Å². The number of ether oxygens (including phenoxy) is 2. The van der Waals surface area contributed by atoms with Gasteiger partial charge in [-0.15, -0.1) is 11.3 Å². The lowest BCUT2D eigenvalue weighted by Gasteiger charge is -2.06. The Morgan fingerprint density at radius 2 is 1.89 bits per heavy atom. The molecule has 0 spiro atoms. The molecule has 9 heteroatoms. The highest BCUT2D eigenvalue weighted by atomic mass is 32.1. The van der Waals surface area contributed by atoms with Crippen LogP contribution in [-0.4, -0.2) is 37.6 Å². The number of nitrogens with two attached hydrogens (primary N) is 1. The zero-order valence-corrected chi connectivity index (χ0v) is 16.3. The van der Waals surface area contributed by atoms with Gasteiger partial charge < -0.3 is 24.5 Å². The van der Waals surface area contributed by atoms with Crippen LogP contribution in [0.1, 0.15) is 45.2 Å². The van der Waals surface area contributed by atoms with E-state index in [1.54, 1.807) is 38.4 Å².